The second kappa shape index (κ2) is 4.67. The van der Waals surface area contributed by atoms with Gasteiger partial charge in [0.2, 0.25) is 0 Å². The van der Waals surface area contributed by atoms with E-state index >= 15 is 0 Å². The normalized spacial score (nSPS) is 13.0. The maximum absolute atomic E-state index is 12.5. The summed E-state index contributed by atoms with van der Waals surface area (Å²) in [5.41, 5.74) is -0.578. The molecule has 1 N–H and O–H groups in total. The molecule has 0 heterocycles. The van der Waals surface area contributed by atoms with Crippen molar-refractivity contribution in [2.24, 2.45) is 0 Å². The number of hydrogen-bond acceptors (Lipinski definition) is 1. The van der Waals surface area contributed by atoms with Gasteiger partial charge < -0.3 is 5.32 Å². The number of benzene rings is 1. The van der Waals surface area contributed by atoms with Crippen molar-refractivity contribution in [2.75, 3.05) is 5.32 Å². The van der Waals surface area contributed by atoms with Crippen LogP contribution in [0.4, 0.5) is 18.9 Å². The van der Waals surface area contributed by atoms with Gasteiger partial charge in [-0.05, 0) is 25.1 Å². The first-order valence-electron chi connectivity index (χ1n) is 4.44. The molecule has 1 atom stereocenters. The smallest absolute Gasteiger partial charge is 0.372 e. The Morgan fingerprint density at radius 3 is 2.56 bits per heavy atom. The molecule has 0 aromatic heterocycles. The van der Waals surface area contributed by atoms with Crippen molar-refractivity contribution in [1.82, 2.24) is 0 Å². The van der Waals surface area contributed by atoms with Crippen molar-refractivity contribution < 1.29 is 13.2 Å². The molecule has 1 aromatic rings. The molecule has 1 rings (SSSR count). The van der Waals surface area contributed by atoms with E-state index in [0.717, 1.165) is 6.07 Å². The van der Waals surface area contributed by atoms with E-state index in [9.17, 15) is 13.2 Å². The van der Waals surface area contributed by atoms with E-state index in [1.54, 1.807) is 6.92 Å². The SMILES string of the molecule is C#CC(C)Nc1ccc(Cl)c(C(F)(F)F)c1. The Morgan fingerprint density at radius 2 is 2.06 bits per heavy atom. The molecule has 0 spiro atoms. The van der Waals surface area contributed by atoms with Gasteiger partial charge in [0.05, 0.1) is 16.6 Å². The molecule has 0 saturated carbocycles. The Bertz CT molecular complexity index is 420. The van der Waals surface area contributed by atoms with Gasteiger partial charge in [0, 0.05) is 5.69 Å². The van der Waals surface area contributed by atoms with Crippen LogP contribution in [0.1, 0.15) is 12.5 Å². The van der Waals surface area contributed by atoms with Crippen molar-refractivity contribution in [1.29, 1.82) is 0 Å². The molecule has 0 fully saturated rings. The highest BCUT2D eigenvalue weighted by Gasteiger charge is 2.33. The van der Waals surface area contributed by atoms with Crippen molar-refractivity contribution >= 4 is 17.3 Å². The van der Waals surface area contributed by atoms with Crippen LogP contribution in [-0.4, -0.2) is 6.04 Å². The lowest BCUT2D eigenvalue weighted by molar-refractivity contribution is -0.137. The molecule has 16 heavy (non-hydrogen) atoms. The average molecular weight is 248 g/mol. The second-order valence-corrected chi connectivity index (χ2v) is 3.63. The summed E-state index contributed by atoms with van der Waals surface area (Å²) in [5.74, 6) is 2.36. The van der Waals surface area contributed by atoms with E-state index < -0.39 is 11.7 Å². The van der Waals surface area contributed by atoms with Crippen molar-refractivity contribution in [3.05, 3.63) is 28.8 Å². The van der Waals surface area contributed by atoms with E-state index in [1.807, 2.05) is 0 Å². The largest absolute Gasteiger partial charge is 0.417 e. The van der Waals surface area contributed by atoms with Gasteiger partial charge in [-0.3, -0.25) is 0 Å². The van der Waals surface area contributed by atoms with E-state index in [0.29, 0.717) is 5.69 Å². The maximum Gasteiger partial charge on any atom is 0.417 e. The molecule has 0 aliphatic rings. The molecular formula is C11H9ClF3N. The number of nitrogens with one attached hydrogen (secondary N) is 1. The second-order valence-electron chi connectivity index (χ2n) is 3.23. The lowest BCUT2D eigenvalue weighted by Gasteiger charge is -2.13. The number of rotatable bonds is 2. The fourth-order valence-corrected chi connectivity index (χ4v) is 1.35. The molecule has 0 amide bonds. The van der Waals surface area contributed by atoms with Gasteiger partial charge >= 0.3 is 6.18 Å². The third-order valence-corrected chi connectivity index (χ3v) is 2.23. The number of anilines is 1. The summed E-state index contributed by atoms with van der Waals surface area (Å²) in [5, 5.41) is 2.41. The summed E-state index contributed by atoms with van der Waals surface area (Å²) in [6.07, 6.45) is 0.649. The summed E-state index contributed by atoms with van der Waals surface area (Å²) in [6.45, 7) is 1.67. The Labute approximate surface area is 96.6 Å². The molecule has 86 valence electrons. The fraction of sp³-hybridized carbons (Fsp3) is 0.273. The molecule has 5 heteroatoms. The zero-order chi connectivity index (χ0) is 12.3. The first kappa shape index (κ1) is 12.7. The third kappa shape index (κ3) is 3.07. The minimum Gasteiger partial charge on any atom is -0.372 e. The van der Waals surface area contributed by atoms with Crippen molar-refractivity contribution in [3.63, 3.8) is 0 Å². The van der Waals surface area contributed by atoms with Crippen LogP contribution >= 0.6 is 11.6 Å². The van der Waals surface area contributed by atoms with Crippen LogP contribution in [0.3, 0.4) is 0 Å². The molecule has 0 radical (unpaired) electrons. The highest BCUT2D eigenvalue weighted by Crippen LogP contribution is 2.36. The number of terminal acetylenes is 1. The molecule has 0 saturated heterocycles. The standard InChI is InChI=1S/C11H9ClF3N/c1-3-7(2)16-8-4-5-10(12)9(6-8)11(13,14)15/h1,4-7,16H,2H3. The van der Waals surface area contributed by atoms with Crippen LogP contribution in [0.25, 0.3) is 0 Å². The lowest BCUT2D eigenvalue weighted by Crippen LogP contribution is -2.13. The highest BCUT2D eigenvalue weighted by molar-refractivity contribution is 6.31. The minimum absolute atomic E-state index is 0.294. The van der Waals surface area contributed by atoms with Crippen LogP contribution in [0.15, 0.2) is 18.2 Å². The molecule has 1 aromatic carbocycles. The Morgan fingerprint density at radius 1 is 1.44 bits per heavy atom. The summed E-state index contributed by atoms with van der Waals surface area (Å²) in [4.78, 5) is 0. The molecule has 0 aliphatic heterocycles. The molecule has 1 unspecified atom stereocenters. The predicted molar refractivity (Wildman–Crippen MR) is 58.4 cm³/mol. The monoisotopic (exact) mass is 247 g/mol. The minimum atomic E-state index is -4.46. The number of alkyl halides is 3. The van der Waals surface area contributed by atoms with Crippen LogP contribution in [0.2, 0.25) is 5.02 Å². The highest BCUT2D eigenvalue weighted by atomic mass is 35.5. The zero-order valence-electron chi connectivity index (χ0n) is 8.40. The van der Waals surface area contributed by atoms with E-state index in [2.05, 4.69) is 11.2 Å². The molecule has 1 nitrogen and oxygen atoms in total. The summed E-state index contributed by atoms with van der Waals surface area (Å²) < 4.78 is 37.5. The summed E-state index contributed by atoms with van der Waals surface area (Å²) in [7, 11) is 0. The van der Waals surface area contributed by atoms with Gasteiger partial charge in [-0.2, -0.15) is 13.2 Å². The van der Waals surface area contributed by atoms with E-state index in [1.165, 1.54) is 12.1 Å². The van der Waals surface area contributed by atoms with Gasteiger partial charge in [0.25, 0.3) is 0 Å². The van der Waals surface area contributed by atoms with Crippen LogP contribution in [0.5, 0.6) is 0 Å². The van der Waals surface area contributed by atoms with E-state index in [-0.39, 0.29) is 11.1 Å². The van der Waals surface area contributed by atoms with Crippen LogP contribution < -0.4 is 5.32 Å². The Hall–Kier alpha value is -1.34. The van der Waals surface area contributed by atoms with Gasteiger partial charge in [-0.15, -0.1) is 6.42 Å². The first-order chi connectivity index (χ1) is 7.34. The molecule has 0 aliphatic carbocycles. The van der Waals surface area contributed by atoms with Gasteiger partial charge in [-0.1, -0.05) is 17.5 Å². The number of halogens is 4. The van der Waals surface area contributed by atoms with Gasteiger partial charge in [0.1, 0.15) is 0 Å². The zero-order valence-corrected chi connectivity index (χ0v) is 9.15. The fourth-order valence-electron chi connectivity index (χ4n) is 1.12. The summed E-state index contributed by atoms with van der Waals surface area (Å²) in [6, 6.07) is 3.24. The van der Waals surface area contributed by atoms with E-state index in [4.69, 9.17) is 18.0 Å². The summed E-state index contributed by atoms with van der Waals surface area (Å²) >= 11 is 5.46. The number of hydrogen-bond donors (Lipinski definition) is 1. The quantitative estimate of drug-likeness (QED) is 0.784. The topological polar surface area (TPSA) is 12.0 Å². The Kier molecular flexibility index (Phi) is 3.71. The van der Waals surface area contributed by atoms with Crippen molar-refractivity contribution in [3.8, 4) is 12.3 Å². The molecular weight excluding hydrogens is 239 g/mol. The van der Waals surface area contributed by atoms with Gasteiger partial charge in [0.15, 0.2) is 0 Å². The molecule has 0 bridgehead atoms. The van der Waals surface area contributed by atoms with Crippen LogP contribution in [-0.2, 0) is 6.18 Å². The third-order valence-electron chi connectivity index (χ3n) is 1.90. The van der Waals surface area contributed by atoms with Gasteiger partial charge in [-0.25, -0.2) is 0 Å². The lowest BCUT2D eigenvalue weighted by atomic mass is 10.2. The van der Waals surface area contributed by atoms with Crippen LogP contribution in [0, 0.1) is 12.3 Å². The predicted octanol–water partition coefficient (Wildman–Crippen LogP) is 3.79. The average Bonchev–Trinajstić information content (AvgIpc) is 2.19. The first-order valence-corrected chi connectivity index (χ1v) is 4.82. The Balaban J connectivity index is 3.04. The maximum atomic E-state index is 12.5. The van der Waals surface area contributed by atoms with Crippen molar-refractivity contribution in [2.45, 2.75) is 19.1 Å².